The number of nitriles is 1. The second kappa shape index (κ2) is 5.79. The topological polar surface area (TPSA) is 76.1 Å². The quantitative estimate of drug-likeness (QED) is 0.667. The van der Waals surface area contributed by atoms with Gasteiger partial charge in [-0.25, -0.2) is 4.98 Å². The van der Waals surface area contributed by atoms with Gasteiger partial charge in [0.15, 0.2) is 16.5 Å². The fraction of sp³-hybridized carbons (Fsp3) is 0.133. The molecule has 0 saturated heterocycles. The van der Waals surface area contributed by atoms with E-state index in [0.717, 1.165) is 10.2 Å². The Hall–Kier alpha value is -2.36. The number of carbonyl (C=O) groups is 1. The van der Waals surface area contributed by atoms with E-state index in [2.05, 4.69) is 4.98 Å². The van der Waals surface area contributed by atoms with Crippen LogP contribution in [0.25, 0.3) is 21.0 Å². The highest BCUT2D eigenvalue weighted by molar-refractivity contribution is 7.21. The lowest BCUT2D eigenvalue weighted by Crippen LogP contribution is -2.05. The first-order valence-corrected chi connectivity index (χ1v) is 7.49. The summed E-state index contributed by atoms with van der Waals surface area (Å²) >= 11 is 7.39. The summed E-state index contributed by atoms with van der Waals surface area (Å²) in [6, 6.07) is 10.6. The molecule has 1 atom stereocenters. The fourth-order valence-corrected chi connectivity index (χ4v) is 3.13. The number of thiazole rings is 1. The summed E-state index contributed by atoms with van der Waals surface area (Å²) < 4.78 is 11.4. The summed E-state index contributed by atoms with van der Waals surface area (Å²) in [5, 5.41) is 10.3. The van der Waals surface area contributed by atoms with E-state index in [-0.39, 0.29) is 5.76 Å². The maximum absolute atomic E-state index is 11.0. The lowest BCUT2D eigenvalue weighted by atomic mass is 10.3. The Kier molecular flexibility index (Phi) is 3.84. The van der Waals surface area contributed by atoms with Gasteiger partial charge in [-0.2, -0.15) is 5.26 Å². The van der Waals surface area contributed by atoms with Gasteiger partial charge >= 0.3 is 5.97 Å². The van der Waals surface area contributed by atoms with Crippen molar-refractivity contribution in [3.8, 4) is 16.8 Å². The van der Waals surface area contributed by atoms with Crippen LogP contribution >= 0.6 is 22.9 Å². The second-order valence-corrected chi connectivity index (χ2v) is 5.92. The molecule has 0 spiro atoms. The molecule has 0 bridgehead atoms. The van der Waals surface area contributed by atoms with Gasteiger partial charge in [0.1, 0.15) is 6.07 Å². The number of halogens is 1. The normalized spacial score (nSPS) is 12.0. The molecule has 5 nitrogen and oxygen atoms in total. The zero-order valence-corrected chi connectivity index (χ0v) is 12.9. The van der Waals surface area contributed by atoms with E-state index in [1.807, 2.05) is 18.2 Å². The van der Waals surface area contributed by atoms with E-state index >= 15 is 0 Å². The van der Waals surface area contributed by atoms with Gasteiger partial charge in [-0.15, -0.1) is 11.3 Å². The molecule has 0 amide bonds. The molecular weight excluding hydrogens is 324 g/mol. The van der Waals surface area contributed by atoms with Crippen LogP contribution in [0.5, 0.6) is 0 Å². The second-order valence-electron chi connectivity index (χ2n) is 4.45. The zero-order valence-electron chi connectivity index (χ0n) is 11.4. The van der Waals surface area contributed by atoms with Crippen LogP contribution in [-0.4, -0.2) is 11.0 Å². The van der Waals surface area contributed by atoms with Gasteiger partial charge in [-0.1, -0.05) is 11.6 Å². The van der Waals surface area contributed by atoms with Gasteiger partial charge in [0.2, 0.25) is 6.10 Å². The molecular formula is C15H9ClN2O3S. The first-order valence-electron chi connectivity index (χ1n) is 6.30. The van der Waals surface area contributed by atoms with Crippen LogP contribution < -0.4 is 0 Å². The molecule has 1 aromatic carbocycles. The number of esters is 1. The average Bonchev–Trinajstić information content (AvgIpc) is 3.10. The molecule has 2 aromatic heterocycles. The van der Waals surface area contributed by atoms with Gasteiger partial charge < -0.3 is 9.15 Å². The molecule has 2 heterocycles. The summed E-state index contributed by atoms with van der Waals surface area (Å²) in [5.41, 5.74) is 0.819. The minimum absolute atomic E-state index is 0.269. The van der Waals surface area contributed by atoms with E-state index < -0.39 is 12.1 Å². The van der Waals surface area contributed by atoms with Crippen molar-refractivity contribution in [1.82, 2.24) is 4.98 Å². The van der Waals surface area contributed by atoms with E-state index in [1.54, 1.807) is 18.2 Å². The van der Waals surface area contributed by atoms with Gasteiger partial charge in [0, 0.05) is 11.9 Å². The Balaban J connectivity index is 1.95. The molecule has 0 saturated carbocycles. The molecule has 0 aliphatic rings. The van der Waals surface area contributed by atoms with Crippen LogP contribution in [0.3, 0.4) is 0 Å². The number of ether oxygens (including phenoxy) is 1. The van der Waals surface area contributed by atoms with E-state index in [0.29, 0.717) is 15.8 Å². The number of furan rings is 1. The average molecular weight is 333 g/mol. The Morgan fingerprint density at radius 1 is 1.45 bits per heavy atom. The standard InChI is InChI=1S/C15H9ClN2O3S/c1-8(19)20-13(7-17)11-4-5-12(21-11)15-18-10-3-2-9(16)6-14(10)22-15/h2-6,13H,1H3/t13-/m1/s1. The summed E-state index contributed by atoms with van der Waals surface area (Å²) in [4.78, 5) is 15.4. The van der Waals surface area contributed by atoms with Crippen molar-refractivity contribution in [2.45, 2.75) is 13.0 Å². The number of fused-ring (bicyclic) bond motifs is 1. The number of carbonyl (C=O) groups excluding carboxylic acids is 1. The highest BCUT2D eigenvalue weighted by Gasteiger charge is 2.19. The van der Waals surface area contributed by atoms with Crippen LogP contribution in [-0.2, 0) is 9.53 Å². The molecule has 0 unspecified atom stereocenters. The SMILES string of the molecule is CC(=O)O[C@H](C#N)c1ccc(-c2nc3ccc(Cl)cc3s2)o1. The molecule has 22 heavy (non-hydrogen) atoms. The number of rotatable bonds is 3. The van der Waals surface area contributed by atoms with Crippen LogP contribution in [0.2, 0.25) is 5.02 Å². The maximum atomic E-state index is 11.0. The zero-order chi connectivity index (χ0) is 15.7. The molecule has 110 valence electrons. The van der Waals surface area contributed by atoms with Gasteiger partial charge in [0.05, 0.1) is 10.2 Å². The predicted octanol–water partition coefficient (Wildman–Crippen LogP) is 4.34. The van der Waals surface area contributed by atoms with Crippen molar-refractivity contribution in [3.63, 3.8) is 0 Å². The van der Waals surface area contributed by atoms with Crippen LogP contribution in [0.15, 0.2) is 34.7 Å². The highest BCUT2D eigenvalue weighted by atomic mass is 35.5. The molecule has 3 aromatic rings. The molecule has 0 radical (unpaired) electrons. The molecule has 0 N–H and O–H groups in total. The van der Waals surface area contributed by atoms with E-state index in [4.69, 9.17) is 26.0 Å². The number of nitrogens with zero attached hydrogens (tertiary/aromatic N) is 2. The first-order chi connectivity index (χ1) is 10.6. The van der Waals surface area contributed by atoms with Crippen LogP contribution in [0.1, 0.15) is 18.8 Å². The van der Waals surface area contributed by atoms with Gasteiger partial charge in [-0.05, 0) is 30.3 Å². The Bertz CT molecular complexity index is 894. The summed E-state index contributed by atoms with van der Waals surface area (Å²) in [6.45, 7) is 1.24. The van der Waals surface area contributed by atoms with Crippen molar-refractivity contribution in [2.75, 3.05) is 0 Å². The minimum atomic E-state index is -1.06. The first kappa shape index (κ1) is 14.6. The molecule has 0 fully saturated rings. The number of aromatic nitrogens is 1. The predicted molar refractivity (Wildman–Crippen MR) is 82.5 cm³/mol. The third-order valence-corrected chi connectivity index (χ3v) is 4.12. The van der Waals surface area contributed by atoms with Crippen LogP contribution in [0, 0.1) is 11.3 Å². The van der Waals surface area contributed by atoms with Crippen molar-refractivity contribution in [1.29, 1.82) is 5.26 Å². The number of benzene rings is 1. The lowest BCUT2D eigenvalue weighted by Gasteiger charge is -2.05. The number of hydrogen-bond acceptors (Lipinski definition) is 6. The van der Waals surface area contributed by atoms with Gasteiger partial charge in [0.25, 0.3) is 0 Å². The van der Waals surface area contributed by atoms with Crippen molar-refractivity contribution in [3.05, 3.63) is 41.1 Å². The summed E-state index contributed by atoms with van der Waals surface area (Å²) in [5.74, 6) is 0.240. The highest BCUT2D eigenvalue weighted by Crippen LogP contribution is 2.34. The lowest BCUT2D eigenvalue weighted by molar-refractivity contribution is -0.144. The molecule has 3 rings (SSSR count). The third-order valence-electron chi connectivity index (χ3n) is 2.85. The van der Waals surface area contributed by atoms with Crippen molar-refractivity contribution in [2.24, 2.45) is 0 Å². The largest absolute Gasteiger partial charge is 0.453 e. The Labute approximate surface area is 134 Å². The summed E-state index contributed by atoms with van der Waals surface area (Å²) in [7, 11) is 0. The molecule has 7 heteroatoms. The number of hydrogen-bond donors (Lipinski definition) is 0. The summed E-state index contributed by atoms with van der Waals surface area (Å²) in [6.07, 6.45) is -1.06. The third kappa shape index (κ3) is 2.82. The molecule has 0 aliphatic carbocycles. The monoisotopic (exact) mass is 332 g/mol. The van der Waals surface area contributed by atoms with Gasteiger partial charge in [-0.3, -0.25) is 4.79 Å². The minimum Gasteiger partial charge on any atom is -0.453 e. The maximum Gasteiger partial charge on any atom is 0.304 e. The smallest absolute Gasteiger partial charge is 0.304 e. The molecule has 0 aliphatic heterocycles. The Morgan fingerprint density at radius 3 is 3.00 bits per heavy atom. The Morgan fingerprint density at radius 2 is 2.27 bits per heavy atom. The van der Waals surface area contributed by atoms with Crippen molar-refractivity contribution < 1.29 is 13.9 Å². The van der Waals surface area contributed by atoms with E-state index in [9.17, 15) is 4.79 Å². The van der Waals surface area contributed by atoms with Crippen LogP contribution in [0.4, 0.5) is 0 Å². The van der Waals surface area contributed by atoms with E-state index in [1.165, 1.54) is 18.3 Å². The van der Waals surface area contributed by atoms with Crippen molar-refractivity contribution >= 4 is 39.1 Å². The fourth-order valence-electron chi connectivity index (χ4n) is 1.93.